The van der Waals surface area contributed by atoms with Crippen LogP contribution in [0.1, 0.15) is 42.7 Å². The minimum atomic E-state index is -1.08. The van der Waals surface area contributed by atoms with Crippen molar-refractivity contribution in [2.24, 2.45) is 5.92 Å². The molecule has 1 saturated heterocycles. The molecule has 0 radical (unpaired) electrons. The van der Waals surface area contributed by atoms with E-state index in [0.29, 0.717) is 11.5 Å². The number of ketones is 1. The van der Waals surface area contributed by atoms with Crippen LogP contribution >= 0.6 is 0 Å². The van der Waals surface area contributed by atoms with E-state index in [9.17, 15) is 14.4 Å². The van der Waals surface area contributed by atoms with Gasteiger partial charge in [0.1, 0.15) is 35.3 Å². The van der Waals surface area contributed by atoms with E-state index in [1.807, 2.05) is 54.6 Å². The summed E-state index contributed by atoms with van der Waals surface area (Å²) in [5.41, 5.74) is 2.36. The normalized spacial score (nSPS) is 17.8. The summed E-state index contributed by atoms with van der Waals surface area (Å²) in [6, 6.07) is 22.2. The third-order valence-corrected chi connectivity index (χ3v) is 6.52. The fourth-order valence-electron chi connectivity index (χ4n) is 4.57. The van der Waals surface area contributed by atoms with Crippen molar-refractivity contribution < 1.29 is 28.6 Å². The van der Waals surface area contributed by atoms with Crippen LogP contribution < -0.4 is 9.47 Å². The Hall–Kier alpha value is -4.13. The van der Waals surface area contributed by atoms with Crippen molar-refractivity contribution in [1.82, 2.24) is 4.90 Å². The second-order valence-electron chi connectivity index (χ2n) is 8.72. The van der Waals surface area contributed by atoms with Gasteiger partial charge in [-0.3, -0.25) is 9.59 Å². The van der Waals surface area contributed by atoms with Crippen LogP contribution in [0.4, 0.5) is 0 Å². The number of carbonyl (C=O) groups is 3. The van der Waals surface area contributed by atoms with Gasteiger partial charge in [-0.1, -0.05) is 54.6 Å². The largest absolute Gasteiger partial charge is 0.497 e. The monoisotopic (exact) mass is 487 g/mol. The van der Waals surface area contributed by atoms with Crippen molar-refractivity contribution in [3.63, 3.8) is 0 Å². The Morgan fingerprint density at radius 3 is 1.72 bits per heavy atom. The molecule has 1 heterocycles. The number of rotatable bonds is 9. The number of β-lactam (4-membered cyclic amide) rings is 1. The van der Waals surface area contributed by atoms with Crippen LogP contribution in [-0.4, -0.2) is 42.8 Å². The summed E-state index contributed by atoms with van der Waals surface area (Å²) in [6.45, 7) is 3.10. The molecule has 7 nitrogen and oxygen atoms in total. The van der Waals surface area contributed by atoms with Crippen LogP contribution in [0.25, 0.3) is 0 Å². The zero-order chi connectivity index (χ0) is 25.8. The highest BCUT2D eigenvalue weighted by Crippen LogP contribution is 2.42. The van der Waals surface area contributed by atoms with Crippen molar-refractivity contribution in [3.8, 4) is 11.5 Å². The number of esters is 1. The first kappa shape index (κ1) is 25.0. The Balaban J connectivity index is 1.72. The van der Waals surface area contributed by atoms with E-state index >= 15 is 0 Å². The quantitative estimate of drug-likeness (QED) is 0.251. The summed E-state index contributed by atoms with van der Waals surface area (Å²) >= 11 is 0. The molecular weight excluding hydrogens is 458 g/mol. The third-order valence-electron chi connectivity index (χ3n) is 6.52. The summed E-state index contributed by atoms with van der Waals surface area (Å²) in [6.07, 6.45) is -0.538. The van der Waals surface area contributed by atoms with E-state index in [4.69, 9.17) is 14.2 Å². The van der Waals surface area contributed by atoms with Gasteiger partial charge in [-0.2, -0.15) is 0 Å². The number of ether oxygens (including phenoxy) is 3. The number of Topliss-reactive ketones (excluding diaryl/α,β-unsaturated/α-hetero) is 1. The lowest BCUT2D eigenvalue weighted by Gasteiger charge is -2.49. The maximum absolute atomic E-state index is 13.4. The van der Waals surface area contributed by atoms with Gasteiger partial charge in [-0.25, -0.2) is 4.79 Å². The topological polar surface area (TPSA) is 82.1 Å². The predicted octanol–water partition coefficient (Wildman–Crippen LogP) is 4.51. The van der Waals surface area contributed by atoms with Crippen molar-refractivity contribution in [2.45, 2.75) is 32.0 Å². The molecule has 1 aliphatic heterocycles. The lowest BCUT2D eigenvalue weighted by molar-refractivity contribution is -0.181. The van der Waals surface area contributed by atoms with Gasteiger partial charge in [-0.15, -0.1) is 0 Å². The van der Waals surface area contributed by atoms with Gasteiger partial charge in [0.25, 0.3) is 0 Å². The molecule has 0 bridgehead atoms. The number of hydrogen-bond donors (Lipinski definition) is 0. The number of nitrogens with zero attached hydrogens (tertiary/aromatic N) is 1. The van der Waals surface area contributed by atoms with Gasteiger partial charge in [0.15, 0.2) is 0 Å². The lowest BCUT2D eigenvalue weighted by atomic mass is 9.80. The fourth-order valence-corrected chi connectivity index (χ4v) is 4.57. The number of amides is 1. The molecule has 1 amide bonds. The summed E-state index contributed by atoms with van der Waals surface area (Å²) in [7, 11) is 3.15. The molecular formula is C29H29NO6. The SMILES string of the molecule is COc1ccc(C(c2ccc(OC)cc2)N2C(=O)[C@@H](C(C)=O)[C@@H]2C(=O)O[C@@H](C)c2ccccc2)cc1. The minimum absolute atomic E-state index is 0.367. The van der Waals surface area contributed by atoms with Crippen molar-refractivity contribution in [3.05, 3.63) is 95.6 Å². The van der Waals surface area contributed by atoms with E-state index in [-0.39, 0.29) is 5.78 Å². The first-order valence-electron chi connectivity index (χ1n) is 11.7. The molecule has 3 atom stereocenters. The van der Waals surface area contributed by atoms with Gasteiger partial charge in [0.2, 0.25) is 5.91 Å². The molecule has 0 aliphatic carbocycles. The summed E-state index contributed by atoms with van der Waals surface area (Å²) < 4.78 is 16.3. The highest BCUT2D eigenvalue weighted by molar-refractivity contribution is 6.11. The summed E-state index contributed by atoms with van der Waals surface area (Å²) in [5, 5.41) is 0. The molecule has 0 aromatic heterocycles. The zero-order valence-electron chi connectivity index (χ0n) is 20.7. The Morgan fingerprint density at radius 2 is 1.28 bits per heavy atom. The third kappa shape index (κ3) is 4.82. The van der Waals surface area contributed by atoms with Gasteiger partial charge in [0.05, 0.1) is 20.3 Å². The second kappa shape index (κ2) is 10.6. The number of carbonyl (C=O) groups excluding carboxylic acids is 3. The van der Waals surface area contributed by atoms with E-state index in [0.717, 1.165) is 16.7 Å². The highest BCUT2D eigenvalue weighted by atomic mass is 16.5. The Bertz CT molecular complexity index is 1180. The zero-order valence-corrected chi connectivity index (χ0v) is 20.7. The first-order chi connectivity index (χ1) is 17.3. The molecule has 186 valence electrons. The van der Waals surface area contributed by atoms with E-state index in [1.54, 1.807) is 45.4 Å². The average molecular weight is 488 g/mol. The lowest BCUT2D eigenvalue weighted by Crippen LogP contribution is -2.67. The molecule has 7 heteroatoms. The van der Waals surface area contributed by atoms with E-state index < -0.39 is 36.0 Å². The van der Waals surface area contributed by atoms with E-state index in [2.05, 4.69) is 0 Å². The Kier molecular flexibility index (Phi) is 7.38. The van der Waals surface area contributed by atoms with Crippen molar-refractivity contribution >= 4 is 17.7 Å². The molecule has 0 spiro atoms. The number of hydrogen-bond acceptors (Lipinski definition) is 6. The molecule has 4 rings (SSSR count). The van der Waals surface area contributed by atoms with Crippen LogP contribution in [0.3, 0.4) is 0 Å². The minimum Gasteiger partial charge on any atom is -0.497 e. The number of methoxy groups -OCH3 is 2. The molecule has 0 unspecified atom stereocenters. The van der Waals surface area contributed by atoms with Gasteiger partial charge in [0, 0.05) is 0 Å². The maximum atomic E-state index is 13.4. The fraction of sp³-hybridized carbons (Fsp3) is 0.276. The standard InChI is InChI=1S/C29H29NO6/c1-18(31)25-27(29(33)36-19(2)20-8-6-5-7-9-20)30(28(25)32)26(21-10-14-23(34-3)15-11-21)22-12-16-24(35-4)17-13-22/h5-17,19,25-27H,1-4H3/t19-,25-,27+/m0/s1. The van der Waals surface area contributed by atoms with Gasteiger partial charge < -0.3 is 19.1 Å². The number of likely N-dealkylation sites (tertiary alicyclic amines) is 1. The molecule has 1 aliphatic rings. The predicted molar refractivity (Wildman–Crippen MR) is 134 cm³/mol. The second-order valence-corrected chi connectivity index (χ2v) is 8.72. The van der Waals surface area contributed by atoms with Gasteiger partial charge in [-0.05, 0) is 54.8 Å². The summed E-state index contributed by atoms with van der Waals surface area (Å²) in [5.74, 6) is -1.15. The van der Waals surface area contributed by atoms with Crippen molar-refractivity contribution in [2.75, 3.05) is 14.2 Å². The van der Waals surface area contributed by atoms with Crippen molar-refractivity contribution in [1.29, 1.82) is 0 Å². The van der Waals surface area contributed by atoms with Crippen LogP contribution in [-0.2, 0) is 19.1 Å². The van der Waals surface area contributed by atoms with E-state index in [1.165, 1.54) is 11.8 Å². The molecule has 3 aromatic rings. The molecule has 36 heavy (non-hydrogen) atoms. The smallest absolute Gasteiger partial charge is 0.330 e. The molecule has 3 aromatic carbocycles. The first-order valence-corrected chi connectivity index (χ1v) is 11.7. The Morgan fingerprint density at radius 1 is 0.778 bits per heavy atom. The molecule has 1 fully saturated rings. The maximum Gasteiger partial charge on any atom is 0.330 e. The van der Waals surface area contributed by atoms with Crippen LogP contribution in [0.15, 0.2) is 78.9 Å². The Labute approximate surface area is 210 Å². The van der Waals surface area contributed by atoms with Crippen LogP contribution in [0.5, 0.6) is 11.5 Å². The molecule has 0 N–H and O–H groups in total. The number of benzene rings is 3. The average Bonchev–Trinajstić information content (AvgIpc) is 2.90. The van der Waals surface area contributed by atoms with Crippen LogP contribution in [0, 0.1) is 5.92 Å². The molecule has 0 saturated carbocycles. The summed E-state index contributed by atoms with van der Waals surface area (Å²) in [4.78, 5) is 40.7. The van der Waals surface area contributed by atoms with Gasteiger partial charge >= 0.3 is 5.97 Å². The highest BCUT2D eigenvalue weighted by Gasteiger charge is 2.57. The van der Waals surface area contributed by atoms with Crippen LogP contribution in [0.2, 0.25) is 0 Å².